The molecule has 0 unspecified atom stereocenters. The Bertz CT molecular complexity index is 3390. The molecule has 0 amide bonds. The number of anilines is 3. The fourth-order valence-corrected chi connectivity index (χ4v) is 9.53. The van der Waals surface area contributed by atoms with Crippen molar-refractivity contribution >= 4 is 60.4 Å². The minimum Gasteiger partial charge on any atom is -0.310 e. The molecule has 0 saturated heterocycles. The highest BCUT2D eigenvalue weighted by Gasteiger charge is 2.26. The van der Waals surface area contributed by atoms with Gasteiger partial charge >= 0.3 is 0 Å². The van der Waals surface area contributed by atoms with E-state index < -0.39 is 0 Å². The second-order valence-electron chi connectivity index (χ2n) is 15.3. The molecule has 1 aliphatic rings. The minimum atomic E-state index is 1.09. The van der Waals surface area contributed by atoms with Gasteiger partial charge in [-0.05, 0) is 115 Å². The third kappa shape index (κ3) is 4.99. The molecular weight excluding hydrogens is 701 g/mol. The second-order valence-corrected chi connectivity index (χ2v) is 15.3. The van der Waals surface area contributed by atoms with Gasteiger partial charge in [0, 0.05) is 33.4 Å². The summed E-state index contributed by atoms with van der Waals surface area (Å²) in [4.78, 5) is 2.45. The molecule has 0 N–H and O–H groups in total. The number of hydrogen-bond acceptors (Lipinski definition) is 1. The van der Waals surface area contributed by atoms with Crippen LogP contribution >= 0.6 is 0 Å². The van der Waals surface area contributed by atoms with Crippen molar-refractivity contribution < 1.29 is 0 Å². The van der Waals surface area contributed by atoms with Crippen molar-refractivity contribution in [3.63, 3.8) is 0 Å². The summed E-state index contributed by atoms with van der Waals surface area (Å²) in [6.07, 6.45) is 0. The smallest absolute Gasteiger partial charge is 0.0562 e. The quantitative estimate of drug-likeness (QED) is 0.154. The van der Waals surface area contributed by atoms with Crippen molar-refractivity contribution in [3.8, 4) is 50.2 Å². The summed E-state index contributed by atoms with van der Waals surface area (Å²) in [6.45, 7) is 0. The van der Waals surface area contributed by atoms with E-state index in [1.807, 2.05) is 0 Å². The molecule has 12 rings (SSSR count). The molecule has 0 atom stereocenters. The predicted octanol–water partition coefficient (Wildman–Crippen LogP) is 15.5. The highest BCUT2D eigenvalue weighted by Crippen LogP contribution is 2.52. The van der Waals surface area contributed by atoms with Gasteiger partial charge in [-0.2, -0.15) is 0 Å². The molecule has 58 heavy (non-hydrogen) atoms. The normalized spacial score (nSPS) is 11.8. The molecule has 1 aliphatic carbocycles. The van der Waals surface area contributed by atoms with Crippen LogP contribution in [-0.2, 0) is 0 Å². The molecule has 1 aromatic heterocycles. The molecule has 270 valence electrons. The van der Waals surface area contributed by atoms with Crippen LogP contribution in [0.2, 0.25) is 0 Å². The first-order valence-electron chi connectivity index (χ1n) is 20.0. The van der Waals surface area contributed by atoms with Crippen LogP contribution in [0.25, 0.3) is 93.5 Å². The maximum atomic E-state index is 2.46. The van der Waals surface area contributed by atoms with Crippen LogP contribution in [0.15, 0.2) is 218 Å². The van der Waals surface area contributed by atoms with Crippen molar-refractivity contribution in [2.75, 3.05) is 4.90 Å². The summed E-state index contributed by atoms with van der Waals surface area (Å²) in [6, 6.07) is 80.0. The number of rotatable bonds is 6. The lowest BCUT2D eigenvalue weighted by Gasteiger charge is -2.27. The van der Waals surface area contributed by atoms with Gasteiger partial charge in [0.1, 0.15) is 0 Å². The second kappa shape index (κ2) is 12.9. The molecule has 0 aliphatic heterocycles. The Hall–Kier alpha value is -7.68. The molecule has 0 bridgehead atoms. The average molecular weight is 737 g/mol. The standard InChI is InChI=1S/C56H36N2/c1-3-15-37(16-4-1)39-20-13-22-42(34-39)57(43-29-31-47-50-26-14-21-41-33-40-19-7-8-24-46(40)56(55(41)50)51(47)35-43)44-30-32-49-48-25-10-12-28-53(48)58(54(49)36-44)52-27-11-9-23-45(52)38-17-5-2-6-18-38/h1-36H. The largest absolute Gasteiger partial charge is 0.310 e. The summed E-state index contributed by atoms with van der Waals surface area (Å²) in [5.74, 6) is 0. The highest BCUT2D eigenvalue weighted by molar-refractivity contribution is 6.24. The Labute approximate surface area is 337 Å². The van der Waals surface area contributed by atoms with Crippen molar-refractivity contribution in [1.29, 1.82) is 0 Å². The van der Waals surface area contributed by atoms with Crippen molar-refractivity contribution in [2.24, 2.45) is 0 Å². The third-order valence-electron chi connectivity index (χ3n) is 12.1. The Kier molecular flexibility index (Phi) is 7.26. The van der Waals surface area contributed by atoms with Crippen LogP contribution in [0.4, 0.5) is 17.1 Å². The summed E-state index contributed by atoms with van der Waals surface area (Å²) >= 11 is 0. The van der Waals surface area contributed by atoms with Gasteiger partial charge in [-0.3, -0.25) is 0 Å². The van der Waals surface area contributed by atoms with Crippen molar-refractivity contribution in [3.05, 3.63) is 218 Å². The zero-order valence-corrected chi connectivity index (χ0v) is 31.7. The van der Waals surface area contributed by atoms with Crippen LogP contribution in [0.5, 0.6) is 0 Å². The van der Waals surface area contributed by atoms with Gasteiger partial charge in [-0.25, -0.2) is 0 Å². The van der Waals surface area contributed by atoms with E-state index in [0.29, 0.717) is 0 Å². The van der Waals surface area contributed by atoms with E-state index in [2.05, 4.69) is 228 Å². The molecule has 1 heterocycles. The predicted molar refractivity (Wildman–Crippen MR) is 246 cm³/mol. The van der Waals surface area contributed by atoms with Gasteiger partial charge in [0.2, 0.25) is 0 Å². The molecule has 0 radical (unpaired) electrons. The lowest BCUT2D eigenvalue weighted by molar-refractivity contribution is 1.18. The molecule has 2 nitrogen and oxygen atoms in total. The lowest BCUT2D eigenvalue weighted by atomic mass is 9.95. The van der Waals surface area contributed by atoms with E-state index in [0.717, 1.165) is 28.3 Å². The average Bonchev–Trinajstić information content (AvgIpc) is 3.80. The van der Waals surface area contributed by atoms with Gasteiger partial charge in [-0.15, -0.1) is 0 Å². The minimum absolute atomic E-state index is 1.09. The fourth-order valence-electron chi connectivity index (χ4n) is 9.53. The van der Waals surface area contributed by atoms with Crippen molar-refractivity contribution in [2.45, 2.75) is 0 Å². The summed E-state index contributed by atoms with van der Waals surface area (Å²) < 4.78 is 2.46. The number of nitrogens with zero attached hydrogens (tertiary/aromatic N) is 2. The topological polar surface area (TPSA) is 8.17 Å². The number of benzene rings is 10. The molecule has 11 aromatic rings. The van der Waals surface area contributed by atoms with Crippen LogP contribution in [0, 0.1) is 0 Å². The fraction of sp³-hybridized carbons (Fsp3) is 0. The molecule has 0 saturated carbocycles. The van der Waals surface area contributed by atoms with Gasteiger partial charge in [0.05, 0.1) is 16.7 Å². The maximum absolute atomic E-state index is 2.46. The monoisotopic (exact) mass is 736 g/mol. The summed E-state index contributed by atoms with van der Waals surface area (Å²) in [7, 11) is 0. The highest BCUT2D eigenvalue weighted by atomic mass is 15.1. The van der Waals surface area contributed by atoms with Crippen LogP contribution in [0.1, 0.15) is 0 Å². The number of para-hydroxylation sites is 2. The first-order chi connectivity index (χ1) is 28.8. The summed E-state index contributed by atoms with van der Waals surface area (Å²) in [5, 5.41) is 7.64. The molecule has 2 heteroatoms. The lowest BCUT2D eigenvalue weighted by Crippen LogP contribution is -2.10. The Morgan fingerprint density at radius 1 is 0.310 bits per heavy atom. The van der Waals surface area contributed by atoms with Gasteiger partial charge in [0.15, 0.2) is 0 Å². The van der Waals surface area contributed by atoms with Crippen LogP contribution in [0.3, 0.4) is 0 Å². The zero-order valence-electron chi connectivity index (χ0n) is 31.7. The first-order valence-corrected chi connectivity index (χ1v) is 20.0. The van der Waals surface area contributed by atoms with Gasteiger partial charge in [-0.1, -0.05) is 164 Å². The molecule has 0 spiro atoms. The molecular formula is C56H36N2. The summed E-state index contributed by atoms with van der Waals surface area (Å²) in [5.41, 5.74) is 16.8. The Morgan fingerprint density at radius 3 is 1.81 bits per heavy atom. The van der Waals surface area contributed by atoms with Gasteiger partial charge < -0.3 is 9.47 Å². The molecule has 10 aromatic carbocycles. The van der Waals surface area contributed by atoms with E-state index in [4.69, 9.17) is 0 Å². The van der Waals surface area contributed by atoms with Gasteiger partial charge in [0.25, 0.3) is 0 Å². The third-order valence-corrected chi connectivity index (χ3v) is 12.1. The van der Waals surface area contributed by atoms with E-state index in [-0.39, 0.29) is 0 Å². The van der Waals surface area contributed by atoms with Crippen LogP contribution < -0.4 is 4.90 Å². The maximum Gasteiger partial charge on any atom is 0.0562 e. The SMILES string of the molecule is c1ccc(-c2cccc(N(c3ccc4c(c3)-c3c5ccccc5cc5cccc-4c35)c3ccc4c5ccccc5n(-c5ccccc5-c5ccccc5)c4c3)c2)cc1. The van der Waals surface area contributed by atoms with Crippen molar-refractivity contribution in [1.82, 2.24) is 4.57 Å². The van der Waals surface area contributed by atoms with E-state index in [9.17, 15) is 0 Å². The molecule has 0 fully saturated rings. The number of aromatic nitrogens is 1. The first kappa shape index (κ1) is 32.6. The van der Waals surface area contributed by atoms with E-state index >= 15 is 0 Å². The number of hydrogen-bond donors (Lipinski definition) is 0. The number of fused-ring (bicyclic) bond motifs is 8. The van der Waals surface area contributed by atoms with E-state index in [1.165, 1.54) is 82.3 Å². The zero-order chi connectivity index (χ0) is 38.2. The Balaban J connectivity index is 1.12. The van der Waals surface area contributed by atoms with E-state index in [1.54, 1.807) is 0 Å². The van der Waals surface area contributed by atoms with Crippen LogP contribution in [-0.4, -0.2) is 4.57 Å². The Morgan fingerprint density at radius 2 is 0.931 bits per heavy atom.